The van der Waals surface area contributed by atoms with Gasteiger partial charge in [0.05, 0.1) is 6.10 Å². The molecule has 0 spiro atoms. The molecule has 1 aliphatic rings. The van der Waals surface area contributed by atoms with Gasteiger partial charge in [-0.15, -0.1) is 0 Å². The molecular formula is C14H22N2O3. The Morgan fingerprint density at radius 2 is 2.16 bits per heavy atom. The summed E-state index contributed by atoms with van der Waals surface area (Å²) in [6, 6.07) is 5.55. The summed E-state index contributed by atoms with van der Waals surface area (Å²) in [5, 5.41) is 13.4. The highest BCUT2D eigenvalue weighted by molar-refractivity contribution is 5.45. The molecule has 1 unspecified atom stereocenters. The Labute approximate surface area is 114 Å². The third kappa shape index (κ3) is 3.83. The first-order valence-electron chi connectivity index (χ1n) is 6.67. The Kier molecular flexibility index (Phi) is 5.01. The molecule has 0 aromatic heterocycles. The molecule has 1 atom stereocenters. The van der Waals surface area contributed by atoms with Crippen LogP contribution in [0.5, 0.6) is 11.5 Å². The van der Waals surface area contributed by atoms with Gasteiger partial charge in [0.2, 0.25) is 6.79 Å². The molecule has 2 N–H and O–H groups in total. The number of nitrogens with one attached hydrogen (secondary N) is 1. The Bertz CT molecular complexity index is 412. The van der Waals surface area contributed by atoms with Crippen molar-refractivity contribution in [2.45, 2.75) is 13.0 Å². The largest absolute Gasteiger partial charge is 0.454 e. The molecule has 106 valence electrons. The summed E-state index contributed by atoms with van der Waals surface area (Å²) >= 11 is 0. The zero-order chi connectivity index (χ0) is 13.7. The maximum Gasteiger partial charge on any atom is 0.231 e. The van der Waals surface area contributed by atoms with E-state index in [1.165, 1.54) is 0 Å². The fourth-order valence-corrected chi connectivity index (χ4v) is 1.91. The SMILES string of the molecule is CCN(C)CCNCC(O)c1ccc2c(c1)OCO2. The Morgan fingerprint density at radius 3 is 2.95 bits per heavy atom. The third-order valence-corrected chi connectivity index (χ3v) is 3.33. The minimum absolute atomic E-state index is 0.260. The van der Waals surface area contributed by atoms with Gasteiger partial charge in [-0.3, -0.25) is 0 Å². The topological polar surface area (TPSA) is 54.0 Å². The van der Waals surface area contributed by atoms with E-state index in [0.717, 1.165) is 30.9 Å². The van der Waals surface area contributed by atoms with Gasteiger partial charge in [-0.05, 0) is 31.3 Å². The van der Waals surface area contributed by atoms with Crippen molar-refractivity contribution in [3.05, 3.63) is 23.8 Å². The zero-order valence-electron chi connectivity index (χ0n) is 11.6. The number of likely N-dealkylation sites (N-methyl/N-ethyl adjacent to an activating group) is 1. The molecule has 1 aromatic carbocycles. The second-order valence-corrected chi connectivity index (χ2v) is 4.73. The molecule has 0 saturated carbocycles. The molecule has 0 saturated heterocycles. The quantitative estimate of drug-likeness (QED) is 0.721. The van der Waals surface area contributed by atoms with Crippen molar-refractivity contribution >= 4 is 0 Å². The lowest BCUT2D eigenvalue weighted by atomic mass is 10.1. The van der Waals surface area contributed by atoms with E-state index in [9.17, 15) is 5.11 Å². The highest BCUT2D eigenvalue weighted by Gasteiger charge is 2.16. The maximum absolute atomic E-state index is 10.1. The summed E-state index contributed by atoms with van der Waals surface area (Å²) in [5.41, 5.74) is 0.848. The van der Waals surface area contributed by atoms with Crippen molar-refractivity contribution in [3.8, 4) is 11.5 Å². The predicted molar refractivity (Wildman–Crippen MR) is 73.6 cm³/mol. The summed E-state index contributed by atoms with van der Waals surface area (Å²) in [4.78, 5) is 2.22. The number of ether oxygens (including phenoxy) is 2. The van der Waals surface area contributed by atoms with Crippen LogP contribution in [0, 0.1) is 0 Å². The third-order valence-electron chi connectivity index (χ3n) is 3.33. The number of fused-ring (bicyclic) bond motifs is 1. The normalized spacial score (nSPS) is 14.9. The molecule has 1 heterocycles. The average molecular weight is 266 g/mol. The fraction of sp³-hybridized carbons (Fsp3) is 0.571. The minimum Gasteiger partial charge on any atom is -0.454 e. The van der Waals surface area contributed by atoms with Gasteiger partial charge in [0, 0.05) is 19.6 Å². The molecule has 0 aliphatic carbocycles. The van der Waals surface area contributed by atoms with Crippen molar-refractivity contribution in [1.29, 1.82) is 0 Å². The van der Waals surface area contributed by atoms with E-state index in [2.05, 4.69) is 24.2 Å². The molecule has 2 rings (SSSR count). The van der Waals surface area contributed by atoms with Gasteiger partial charge in [-0.25, -0.2) is 0 Å². The zero-order valence-corrected chi connectivity index (χ0v) is 11.6. The van der Waals surface area contributed by atoms with Crippen molar-refractivity contribution in [2.75, 3.05) is 40.0 Å². The van der Waals surface area contributed by atoms with E-state index >= 15 is 0 Å². The van der Waals surface area contributed by atoms with Crippen LogP contribution in [0.3, 0.4) is 0 Å². The lowest BCUT2D eigenvalue weighted by molar-refractivity contribution is 0.169. The van der Waals surface area contributed by atoms with Crippen LogP contribution >= 0.6 is 0 Å². The number of hydrogen-bond donors (Lipinski definition) is 2. The number of aliphatic hydroxyl groups excluding tert-OH is 1. The number of hydrogen-bond acceptors (Lipinski definition) is 5. The van der Waals surface area contributed by atoms with Gasteiger partial charge in [0.25, 0.3) is 0 Å². The Morgan fingerprint density at radius 1 is 1.37 bits per heavy atom. The first-order chi connectivity index (χ1) is 9.20. The van der Waals surface area contributed by atoms with Gasteiger partial charge >= 0.3 is 0 Å². The number of benzene rings is 1. The predicted octanol–water partition coefficient (Wildman–Crippen LogP) is 0.990. The molecule has 1 aromatic rings. The van der Waals surface area contributed by atoms with Crippen LogP contribution in [0.1, 0.15) is 18.6 Å². The second kappa shape index (κ2) is 6.75. The monoisotopic (exact) mass is 266 g/mol. The van der Waals surface area contributed by atoms with E-state index in [1.54, 1.807) is 0 Å². The summed E-state index contributed by atoms with van der Waals surface area (Å²) in [6.45, 7) is 5.80. The van der Waals surface area contributed by atoms with E-state index in [1.807, 2.05) is 18.2 Å². The van der Waals surface area contributed by atoms with Crippen LogP contribution in [-0.4, -0.2) is 50.0 Å². The van der Waals surface area contributed by atoms with Gasteiger partial charge in [0.15, 0.2) is 11.5 Å². The number of nitrogens with zero attached hydrogens (tertiary/aromatic N) is 1. The Balaban J connectivity index is 1.78. The lowest BCUT2D eigenvalue weighted by Crippen LogP contribution is -2.31. The smallest absolute Gasteiger partial charge is 0.231 e. The van der Waals surface area contributed by atoms with Gasteiger partial charge in [-0.1, -0.05) is 13.0 Å². The van der Waals surface area contributed by atoms with Crippen LogP contribution in [0.4, 0.5) is 0 Å². The number of aliphatic hydroxyl groups is 1. The second-order valence-electron chi connectivity index (χ2n) is 4.73. The van der Waals surface area contributed by atoms with Crippen molar-refractivity contribution in [3.63, 3.8) is 0 Å². The highest BCUT2D eigenvalue weighted by atomic mass is 16.7. The van der Waals surface area contributed by atoms with Gasteiger partial charge in [-0.2, -0.15) is 0 Å². The maximum atomic E-state index is 10.1. The van der Waals surface area contributed by atoms with Crippen LogP contribution in [0.25, 0.3) is 0 Å². The molecular weight excluding hydrogens is 244 g/mol. The van der Waals surface area contributed by atoms with E-state index in [0.29, 0.717) is 12.3 Å². The van der Waals surface area contributed by atoms with Crippen LogP contribution < -0.4 is 14.8 Å². The standard InChI is InChI=1S/C14H22N2O3/c1-3-16(2)7-6-15-9-12(17)11-4-5-13-14(8-11)19-10-18-13/h4-5,8,12,15,17H,3,6-7,9-10H2,1-2H3. The van der Waals surface area contributed by atoms with Crippen molar-refractivity contribution in [1.82, 2.24) is 10.2 Å². The van der Waals surface area contributed by atoms with E-state index < -0.39 is 6.10 Å². The molecule has 0 radical (unpaired) electrons. The molecule has 1 aliphatic heterocycles. The van der Waals surface area contributed by atoms with Crippen LogP contribution in [0.15, 0.2) is 18.2 Å². The van der Waals surface area contributed by atoms with Crippen LogP contribution in [0.2, 0.25) is 0 Å². The lowest BCUT2D eigenvalue weighted by Gasteiger charge is -2.16. The summed E-state index contributed by atoms with van der Waals surface area (Å²) in [6.07, 6.45) is -0.526. The van der Waals surface area contributed by atoms with E-state index in [-0.39, 0.29) is 6.79 Å². The Hall–Kier alpha value is -1.30. The van der Waals surface area contributed by atoms with Gasteiger partial charge in [0.1, 0.15) is 0 Å². The molecule has 0 amide bonds. The summed E-state index contributed by atoms with van der Waals surface area (Å²) in [7, 11) is 2.08. The minimum atomic E-state index is -0.526. The van der Waals surface area contributed by atoms with Crippen molar-refractivity contribution in [2.24, 2.45) is 0 Å². The summed E-state index contributed by atoms with van der Waals surface area (Å²) in [5.74, 6) is 1.45. The average Bonchev–Trinajstić information content (AvgIpc) is 2.90. The first kappa shape index (κ1) is 14.1. The first-order valence-corrected chi connectivity index (χ1v) is 6.67. The molecule has 0 fully saturated rings. The van der Waals surface area contributed by atoms with Gasteiger partial charge < -0.3 is 24.8 Å². The number of rotatable bonds is 7. The summed E-state index contributed by atoms with van der Waals surface area (Å²) < 4.78 is 10.5. The fourth-order valence-electron chi connectivity index (χ4n) is 1.91. The molecule has 5 nitrogen and oxygen atoms in total. The molecule has 5 heteroatoms. The van der Waals surface area contributed by atoms with Crippen LogP contribution in [-0.2, 0) is 0 Å². The highest BCUT2D eigenvalue weighted by Crippen LogP contribution is 2.33. The molecule has 0 bridgehead atoms. The van der Waals surface area contributed by atoms with E-state index in [4.69, 9.17) is 9.47 Å². The molecule has 19 heavy (non-hydrogen) atoms. The van der Waals surface area contributed by atoms with Crippen molar-refractivity contribution < 1.29 is 14.6 Å².